The lowest BCUT2D eigenvalue weighted by atomic mass is 10.2. The molecule has 2 aromatic rings. The Kier molecular flexibility index (Phi) is 11.6. The lowest BCUT2D eigenvalue weighted by molar-refractivity contribution is 0.404. The average molecular weight is 341 g/mol. The van der Waals surface area contributed by atoms with Gasteiger partial charge in [-0.05, 0) is 24.1 Å². The van der Waals surface area contributed by atoms with Crippen molar-refractivity contribution in [2.24, 2.45) is 0 Å². The Morgan fingerprint density at radius 3 is 1.55 bits per heavy atom. The third kappa shape index (κ3) is 9.44. The summed E-state index contributed by atoms with van der Waals surface area (Å²) in [5, 5.41) is 32.6. The maximum absolute atomic E-state index is 8.67. The Bertz CT molecular complexity index is 433. The molecule has 0 bridgehead atoms. The number of para-hydroxylation sites is 2. The van der Waals surface area contributed by atoms with Gasteiger partial charge in [-0.1, -0.05) is 58.4 Å². The number of aromatic hydroxyl groups is 2. The number of aryl methyl sites for hydroxylation is 1. The van der Waals surface area contributed by atoms with Gasteiger partial charge in [-0.25, -0.2) is 0 Å². The molecule has 0 fully saturated rings. The molecular formula is C14H18BBrO4. The van der Waals surface area contributed by atoms with Crippen molar-refractivity contribution in [3.8, 4) is 11.5 Å². The van der Waals surface area contributed by atoms with Crippen LogP contribution in [0.5, 0.6) is 11.5 Å². The van der Waals surface area contributed by atoms with Gasteiger partial charge in [-0.3, -0.25) is 0 Å². The molecule has 2 aromatic carbocycles. The molecule has 4 nitrogen and oxygen atoms in total. The van der Waals surface area contributed by atoms with Crippen LogP contribution in [0.25, 0.3) is 0 Å². The van der Waals surface area contributed by atoms with E-state index in [0.29, 0.717) is 0 Å². The number of phenolic OH excluding ortho intramolecular Hbond substituents is 2. The lowest BCUT2D eigenvalue weighted by Crippen LogP contribution is -1.82. The van der Waals surface area contributed by atoms with E-state index in [1.165, 1.54) is 17.7 Å². The van der Waals surface area contributed by atoms with E-state index in [4.69, 9.17) is 20.3 Å². The van der Waals surface area contributed by atoms with Gasteiger partial charge in [0.25, 0.3) is 0 Å². The fourth-order valence-electron chi connectivity index (χ4n) is 1.22. The van der Waals surface area contributed by atoms with Crippen LogP contribution in [0.2, 0.25) is 0 Å². The van der Waals surface area contributed by atoms with Crippen LogP contribution in [-0.2, 0) is 6.42 Å². The van der Waals surface area contributed by atoms with Gasteiger partial charge >= 0.3 is 7.69 Å². The maximum Gasteiger partial charge on any atom is 0.432 e. The molecule has 2 rings (SSSR count). The van der Waals surface area contributed by atoms with Crippen LogP contribution in [0, 0.1) is 0 Å². The molecule has 0 atom stereocenters. The zero-order chi connectivity index (χ0) is 15.2. The second kappa shape index (κ2) is 12.5. The smallest absolute Gasteiger partial charge is 0.432 e. The quantitative estimate of drug-likeness (QED) is 0.383. The number of phenols is 2. The summed E-state index contributed by atoms with van der Waals surface area (Å²) in [6.45, 7) is 0. The molecule has 0 radical (unpaired) electrons. The monoisotopic (exact) mass is 340 g/mol. The normalized spacial score (nSPS) is 8.55. The Balaban J connectivity index is 0.000000304. The molecule has 0 spiro atoms. The summed E-state index contributed by atoms with van der Waals surface area (Å²) in [7, 11) is -0.750. The van der Waals surface area contributed by atoms with Crippen molar-refractivity contribution in [3.05, 3.63) is 60.2 Å². The second-order valence-electron chi connectivity index (χ2n) is 3.55. The molecule has 0 saturated heterocycles. The van der Waals surface area contributed by atoms with Crippen LogP contribution >= 0.6 is 15.9 Å². The van der Waals surface area contributed by atoms with Gasteiger partial charge in [0.2, 0.25) is 0 Å². The van der Waals surface area contributed by atoms with Crippen molar-refractivity contribution >= 4 is 23.6 Å². The molecule has 0 amide bonds. The molecule has 0 aliphatic heterocycles. The summed E-state index contributed by atoms with van der Waals surface area (Å²) in [5.41, 5.74) is 1.40. The number of halogens is 1. The van der Waals surface area contributed by atoms with Crippen molar-refractivity contribution < 1.29 is 20.3 Å². The van der Waals surface area contributed by atoms with Gasteiger partial charge in [0.15, 0.2) is 11.5 Å². The number of hydrogen-bond donors (Lipinski definition) is 4. The van der Waals surface area contributed by atoms with E-state index in [0.717, 1.165) is 11.8 Å². The highest BCUT2D eigenvalue weighted by Crippen LogP contribution is 2.21. The van der Waals surface area contributed by atoms with E-state index in [1.54, 1.807) is 12.1 Å². The molecule has 0 aromatic heterocycles. The summed E-state index contributed by atoms with van der Waals surface area (Å²) < 4.78 is 0. The van der Waals surface area contributed by atoms with Crippen LogP contribution in [0.4, 0.5) is 0 Å². The van der Waals surface area contributed by atoms with Crippen molar-refractivity contribution in [2.75, 3.05) is 5.33 Å². The van der Waals surface area contributed by atoms with Gasteiger partial charge in [-0.15, -0.1) is 0 Å². The SMILES string of the molecule is BrCCc1ccccc1.OBO.Oc1ccccc1O. The molecule has 6 heteroatoms. The molecule has 0 aliphatic carbocycles. The maximum atomic E-state index is 8.67. The van der Waals surface area contributed by atoms with Crippen molar-refractivity contribution in [3.63, 3.8) is 0 Å². The van der Waals surface area contributed by atoms with Crippen LogP contribution in [-0.4, -0.2) is 33.3 Å². The van der Waals surface area contributed by atoms with Crippen LogP contribution in [0.3, 0.4) is 0 Å². The van der Waals surface area contributed by atoms with E-state index in [-0.39, 0.29) is 11.5 Å². The molecule has 0 saturated carbocycles. The minimum Gasteiger partial charge on any atom is -0.504 e. The van der Waals surface area contributed by atoms with Gasteiger partial charge in [-0.2, -0.15) is 0 Å². The van der Waals surface area contributed by atoms with E-state index >= 15 is 0 Å². The topological polar surface area (TPSA) is 80.9 Å². The van der Waals surface area contributed by atoms with Crippen LogP contribution in [0.1, 0.15) is 5.56 Å². The summed E-state index contributed by atoms with van der Waals surface area (Å²) in [6.07, 6.45) is 1.13. The fraction of sp³-hybridized carbons (Fsp3) is 0.143. The third-order valence-electron chi connectivity index (χ3n) is 2.11. The Hall–Kier alpha value is -1.50. The first-order valence-electron chi connectivity index (χ1n) is 5.94. The first-order valence-corrected chi connectivity index (χ1v) is 7.06. The molecule has 108 valence electrons. The zero-order valence-corrected chi connectivity index (χ0v) is 12.6. The van der Waals surface area contributed by atoms with Crippen LogP contribution < -0.4 is 0 Å². The van der Waals surface area contributed by atoms with Crippen molar-refractivity contribution in [2.45, 2.75) is 6.42 Å². The Labute approximate surface area is 127 Å². The summed E-state index contributed by atoms with van der Waals surface area (Å²) >= 11 is 3.39. The van der Waals surface area contributed by atoms with E-state index < -0.39 is 7.69 Å². The molecule has 0 unspecified atom stereocenters. The first kappa shape index (κ1) is 18.5. The van der Waals surface area contributed by atoms with E-state index in [1.807, 2.05) is 6.07 Å². The third-order valence-corrected chi connectivity index (χ3v) is 2.50. The highest BCUT2D eigenvalue weighted by atomic mass is 79.9. The predicted octanol–water partition coefficient (Wildman–Crippen LogP) is 1.96. The summed E-state index contributed by atoms with van der Waals surface area (Å²) in [6, 6.07) is 16.6. The van der Waals surface area contributed by atoms with Gasteiger partial charge in [0.1, 0.15) is 0 Å². The van der Waals surface area contributed by atoms with Gasteiger partial charge in [0.05, 0.1) is 0 Å². The standard InChI is InChI=1S/C8H9Br.C6H6O2.BH3O2/c9-7-6-8-4-2-1-3-5-8;7-5-3-1-2-4-6(5)8;2-1-3/h1-5H,6-7H2;1-4,7-8H;1-3H. The summed E-state index contributed by atoms with van der Waals surface area (Å²) in [4.78, 5) is 0. The Morgan fingerprint density at radius 2 is 1.20 bits per heavy atom. The number of alkyl halides is 1. The largest absolute Gasteiger partial charge is 0.504 e. The number of benzene rings is 2. The minimum absolute atomic E-state index is 0.0764. The fourth-order valence-corrected chi connectivity index (χ4v) is 1.68. The van der Waals surface area contributed by atoms with Crippen LogP contribution in [0.15, 0.2) is 54.6 Å². The van der Waals surface area contributed by atoms with E-state index in [9.17, 15) is 0 Å². The Morgan fingerprint density at radius 1 is 0.800 bits per heavy atom. The van der Waals surface area contributed by atoms with Gasteiger partial charge < -0.3 is 20.3 Å². The molecule has 0 aliphatic rings. The summed E-state index contributed by atoms with van der Waals surface area (Å²) in [5.74, 6) is -0.153. The van der Waals surface area contributed by atoms with Crippen molar-refractivity contribution in [1.82, 2.24) is 0 Å². The molecular weight excluding hydrogens is 323 g/mol. The van der Waals surface area contributed by atoms with E-state index in [2.05, 4.69) is 40.2 Å². The van der Waals surface area contributed by atoms with Gasteiger partial charge in [0, 0.05) is 5.33 Å². The molecule has 20 heavy (non-hydrogen) atoms. The molecule has 0 heterocycles. The average Bonchev–Trinajstić information content (AvgIpc) is 2.45. The first-order chi connectivity index (χ1) is 9.65. The second-order valence-corrected chi connectivity index (χ2v) is 4.35. The molecule has 4 N–H and O–H groups in total. The van der Waals surface area contributed by atoms with Crippen molar-refractivity contribution in [1.29, 1.82) is 0 Å². The number of hydrogen-bond acceptors (Lipinski definition) is 4. The lowest BCUT2D eigenvalue weighted by Gasteiger charge is -1.92. The zero-order valence-electron chi connectivity index (χ0n) is 11.0. The highest BCUT2D eigenvalue weighted by Gasteiger charge is 1.90. The highest BCUT2D eigenvalue weighted by molar-refractivity contribution is 9.09. The predicted molar refractivity (Wildman–Crippen MR) is 85.3 cm³/mol. The number of rotatable bonds is 2. The minimum atomic E-state index is -0.750.